The maximum Gasteiger partial charge on any atom is 0.248 e. The maximum atomic E-state index is 11.9. The molecule has 102 valence electrons. The molecule has 2 nitrogen and oxygen atoms in total. The van der Waals surface area contributed by atoms with Gasteiger partial charge in [-0.05, 0) is 64.3 Å². The Hall–Kier alpha value is -1.58. The van der Waals surface area contributed by atoms with Gasteiger partial charge in [0.25, 0.3) is 0 Å². The first kappa shape index (κ1) is 14.8. The minimum Gasteiger partial charge on any atom is -0.321 e. The van der Waals surface area contributed by atoms with Gasteiger partial charge in [-0.2, -0.15) is 0 Å². The van der Waals surface area contributed by atoms with Crippen LogP contribution in [0.15, 0.2) is 53.0 Å². The first-order valence-corrected chi connectivity index (χ1v) is 7.22. The number of carbonyl (C=O) groups is 1. The molecular formula is C16H13BrClNO. The highest BCUT2D eigenvalue weighted by atomic mass is 79.9. The van der Waals surface area contributed by atoms with Crippen LogP contribution in [0.4, 0.5) is 5.69 Å². The highest BCUT2D eigenvalue weighted by Crippen LogP contribution is 2.23. The van der Waals surface area contributed by atoms with E-state index in [-0.39, 0.29) is 5.91 Å². The molecule has 2 aromatic carbocycles. The molecule has 0 atom stereocenters. The molecule has 0 aromatic heterocycles. The third-order valence-corrected chi connectivity index (χ3v) is 3.55. The number of nitrogens with one attached hydrogen (secondary N) is 1. The fourth-order valence-electron chi connectivity index (χ4n) is 1.68. The van der Waals surface area contributed by atoms with Gasteiger partial charge < -0.3 is 5.32 Å². The molecule has 0 saturated carbocycles. The Morgan fingerprint density at radius 1 is 1.25 bits per heavy atom. The van der Waals surface area contributed by atoms with E-state index in [1.165, 1.54) is 6.08 Å². The summed E-state index contributed by atoms with van der Waals surface area (Å²) in [7, 11) is 0. The monoisotopic (exact) mass is 349 g/mol. The average molecular weight is 351 g/mol. The predicted molar refractivity (Wildman–Crippen MR) is 88.0 cm³/mol. The van der Waals surface area contributed by atoms with E-state index in [1.54, 1.807) is 18.2 Å². The standard InChI is InChI=1S/C16H13BrClNO/c1-11-5-7-15(14(17)9-11)19-16(20)8-6-12-3-2-4-13(18)10-12/h2-10H,1H3,(H,19,20)/b8-6+. The number of carbonyl (C=O) groups excluding carboxylic acids is 1. The van der Waals surface area contributed by atoms with E-state index in [9.17, 15) is 4.79 Å². The first-order chi connectivity index (χ1) is 9.54. The van der Waals surface area contributed by atoms with Crippen molar-refractivity contribution in [3.8, 4) is 0 Å². The average Bonchev–Trinajstić information content (AvgIpc) is 2.40. The van der Waals surface area contributed by atoms with Gasteiger partial charge in [-0.25, -0.2) is 0 Å². The lowest BCUT2D eigenvalue weighted by Gasteiger charge is -2.05. The molecule has 0 aliphatic rings. The van der Waals surface area contributed by atoms with Gasteiger partial charge in [0.1, 0.15) is 0 Å². The summed E-state index contributed by atoms with van der Waals surface area (Å²) in [6, 6.07) is 13.1. The molecule has 0 heterocycles. The fourth-order valence-corrected chi connectivity index (χ4v) is 2.47. The van der Waals surface area contributed by atoms with Crippen LogP contribution in [-0.2, 0) is 4.79 Å². The van der Waals surface area contributed by atoms with Crippen LogP contribution in [-0.4, -0.2) is 5.91 Å². The second-order valence-electron chi connectivity index (χ2n) is 4.36. The third kappa shape index (κ3) is 4.22. The van der Waals surface area contributed by atoms with Gasteiger partial charge in [0.15, 0.2) is 0 Å². The summed E-state index contributed by atoms with van der Waals surface area (Å²) >= 11 is 9.31. The number of anilines is 1. The van der Waals surface area contributed by atoms with Crippen LogP contribution in [0, 0.1) is 6.92 Å². The maximum absolute atomic E-state index is 11.9. The lowest BCUT2D eigenvalue weighted by Crippen LogP contribution is -2.08. The molecular weight excluding hydrogens is 338 g/mol. The molecule has 1 amide bonds. The minimum atomic E-state index is -0.186. The Morgan fingerprint density at radius 3 is 2.75 bits per heavy atom. The molecule has 0 spiro atoms. The molecule has 0 aliphatic carbocycles. The van der Waals surface area contributed by atoms with Gasteiger partial charge in [-0.15, -0.1) is 0 Å². The number of hydrogen-bond acceptors (Lipinski definition) is 1. The van der Waals surface area contributed by atoms with E-state index < -0.39 is 0 Å². The lowest BCUT2D eigenvalue weighted by molar-refractivity contribution is -0.111. The van der Waals surface area contributed by atoms with Crippen molar-refractivity contribution in [3.05, 3.63) is 69.2 Å². The van der Waals surface area contributed by atoms with E-state index in [0.717, 1.165) is 21.3 Å². The normalized spacial score (nSPS) is 10.8. The highest BCUT2D eigenvalue weighted by Gasteiger charge is 2.02. The van der Waals surface area contributed by atoms with Crippen molar-refractivity contribution in [2.75, 3.05) is 5.32 Å². The Labute approximate surface area is 131 Å². The largest absolute Gasteiger partial charge is 0.321 e. The zero-order valence-electron chi connectivity index (χ0n) is 10.9. The number of benzene rings is 2. The van der Waals surface area contributed by atoms with Crippen LogP contribution in [0.25, 0.3) is 6.08 Å². The highest BCUT2D eigenvalue weighted by molar-refractivity contribution is 9.10. The van der Waals surface area contributed by atoms with Crippen LogP contribution in [0.3, 0.4) is 0 Å². The molecule has 0 saturated heterocycles. The van der Waals surface area contributed by atoms with E-state index in [1.807, 2.05) is 37.3 Å². The Morgan fingerprint density at radius 2 is 2.05 bits per heavy atom. The quantitative estimate of drug-likeness (QED) is 0.770. The van der Waals surface area contributed by atoms with Crippen LogP contribution in [0.2, 0.25) is 5.02 Å². The second kappa shape index (κ2) is 6.73. The Balaban J connectivity index is 2.05. The van der Waals surface area contributed by atoms with Crippen molar-refractivity contribution in [3.63, 3.8) is 0 Å². The summed E-state index contributed by atoms with van der Waals surface area (Å²) in [5, 5.41) is 3.46. The summed E-state index contributed by atoms with van der Waals surface area (Å²) in [6.07, 6.45) is 3.21. The predicted octanol–water partition coefficient (Wildman–Crippen LogP) is 5.06. The van der Waals surface area contributed by atoms with Crippen molar-refractivity contribution in [1.29, 1.82) is 0 Å². The molecule has 1 N–H and O–H groups in total. The summed E-state index contributed by atoms with van der Waals surface area (Å²) in [4.78, 5) is 11.9. The number of amides is 1. The zero-order chi connectivity index (χ0) is 14.5. The van der Waals surface area contributed by atoms with Gasteiger partial charge in [-0.1, -0.05) is 29.8 Å². The van der Waals surface area contributed by atoms with Crippen molar-refractivity contribution in [1.82, 2.24) is 0 Å². The van der Waals surface area contributed by atoms with E-state index >= 15 is 0 Å². The molecule has 0 aliphatic heterocycles. The third-order valence-electron chi connectivity index (χ3n) is 2.66. The minimum absolute atomic E-state index is 0.186. The zero-order valence-corrected chi connectivity index (χ0v) is 13.2. The molecule has 0 fully saturated rings. The summed E-state index contributed by atoms with van der Waals surface area (Å²) < 4.78 is 0.863. The lowest BCUT2D eigenvalue weighted by atomic mass is 10.2. The van der Waals surface area contributed by atoms with Crippen molar-refractivity contribution >= 4 is 45.2 Å². The smallest absolute Gasteiger partial charge is 0.248 e. The molecule has 0 unspecified atom stereocenters. The topological polar surface area (TPSA) is 29.1 Å². The van der Waals surface area contributed by atoms with Crippen molar-refractivity contribution < 1.29 is 4.79 Å². The van der Waals surface area contributed by atoms with Gasteiger partial charge in [0.05, 0.1) is 5.69 Å². The number of rotatable bonds is 3. The van der Waals surface area contributed by atoms with E-state index in [2.05, 4.69) is 21.2 Å². The molecule has 4 heteroatoms. The van der Waals surface area contributed by atoms with Crippen LogP contribution in [0.1, 0.15) is 11.1 Å². The molecule has 2 rings (SSSR count). The van der Waals surface area contributed by atoms with Crippen LogP contribution >= 0.6 is 27.5 Å². The second-order valence-corrected chi connectivity index (χ2v) is 5.65. The van der Waals surface area contributed by atoms with Gasteiger partial charge >= 0.3 is 0 Å². The molecule has 20 heavy (non-hydrogen) atoms. The summed E-state index contributed by atoms with van der Waals surface area (Å²) in [5.41, 5.74) is 2.76. The number of halogens is 2. The van der Waals surface area contributed by atoms with Crippen molar-refractivity contribution in [2.24, 2.45) is 0 Å². The van der Waals surface area contributed by atoms with Crippen LogP contribution < -0.4 is 5.32 Å². The molecule has 0 bridgehead atoms. The Kier molecular flexibility index (Phi) is 4.99. The van der Waals surface area contributed by atoms with Gasteiger partial charge in [0, 0.05) is 15.6 Å². The van der Waals surface area contributed by atoms with E-state index in [4.69, 9.17) is 11.6 Å². The SMILES string of the molecule is Cc1ccc(NC(=O)/C=C/c2cccc(Cl)c2)c(Br)c1. The Bertz CT molecular complexity index is 667. The first-order valence-electron chi connectivity index (χ1n) is 6.05. The summed E-state index contributed by atoms with van der Waals surface area (Å²) in [5.74, 6) is -0.186. The van der Waals surface area contributed by atoms with E-state index in [0.29, 0.717) is 5.02 Å². The fraction of sp³-hybridized carbons (Fsp3) is 0.0625. The number of aryl methyl sites for hydroxylation is 1. The summed E-state index contributed by atoms with van der Waals surface area (Å²) in [6.45, 7) is 2.00. The van der Waals surface area contributed by atoms with Crippen LogP contribution in [0.5, 0.6) is 0 Å². The number of hydrogen-bond donors (Lipinski definition) is 1. The molecule has 0 radical (unpaired) electrons. The van der Waals surface area contributed by atoms with Gasteiger partial charge in [-0.3, -0.25) is 4.79 Å². The molecule has 2 aromatic rings. The van der Waals surface area contributed by atoms with Crippen molar-refractivity contribution in [2.45, 2.75) is 6.92 Å². The van der Waals surface area contributed by atoms with Gasteiger partial charge in [0.2, 0.25) is 5.91 Å².